The van der Waals surface area contributed by atoms with Gasteiger partial charge in [-0.2, -0.15) is 0 Å². The van der Waals surface area contributed by atoms with E-state index in [4.69, 9.17) is 16.3 Å². The number of hydrogen-bond donors (Lipinski definition) is 0. The Hall–Kier alpha value is -2.87. The molecule has 1 saturated carbocycles. The summed E-state index contributed by atoms with van der Waals surface area (Å²) in [7, 11) is 0. The molecule has 1 aliphatic heterocycles. The van der Waals surface area contributed by atoms with Crippen molar-refractivity contribution in [2.24, 2.45) is 5.41 Å². The Bertz CT molecular complexity index is 1210. The van der Waals surface area contributed by atoms with Gasteiger partial charge in [-0.15, -0.1) is 0 Å². The first-order chi connectivity index (χ1) is 16.5. The average molecular weight is 475 g/mol. The van der Waals surface area contributed by atoms with Crippen LogP contribution >= 0.6 is 11.6 Å². The fourth-order valence-corrected chi connectivity index (χ4v) is 4.92. The van der Waals surface area contributed by atoms with Gasteiger partial charge in [-0.1, -0.05) is 36.6 Å². The Morgan fingerprint density at radius 2 is 1.85 bits per heavy atom. The van der Waals surface area contributed by atoms with Gasteiger partial charge in [-0.05, 0) is 91.6 Å². The summed E-state index contributed by atoms with van der Waals surface area (Å²) < 4.78 is 20.5. The van der Waals surface area contributed by atoms with Crippen LogP contribution < -0.4 is 4.74 Å². The third-order valence-electron chi connectivity index (χ3n) is 7.05. The highest BCUT2D eigenvalue weighted by Gasteiger charge is 2.48. The molecule has 3 nitrogen and oxygen atoms in total. The first-order valence-corrected chi connectivity index (χ1v) is 12.3. The molecular weight excluding hydrogens is 447 g/mol. The second-order valence-corrected chi connectivity index (χ2v) is 9.97. The standard InChI is InChI=1S/C29H28ClFN2O/c1-29(14-15-29)28-3-2-16-33(28)17-18-34-25-11-4-21(5-12-25)6-13-27-26(31)19-23(20-32-27)22-7-9-24(30)10-8-22/h4-5,7-12,19-20,28H,2-3,14-18H2,1H3/t28-/m0/s1. The molecule has 3 aromatic rings. The molecule has 2 fully saturated rings. The second kappa shape index (κ2) is 9.78. The van der Waals surface area contributed by atoms with Crippen LogP contribution in [0.5, 0.6) is 5.75 Å². The maximum atomic E-state index is 14.5. The van der Waals surface area contributed by atoms with E-state index in [1.54, 1.807) is 18.3 Å². The molecule has 1 aliphatic carbocycles. The second-order valence-electron chi connectivity index (χ2n) is 9.53. The third kappa shape index (κ3) is 5.27. The van der Waals surface area contributed by atoms with E-state index in [9.17, 15) is 4.39 Å². The van der Waals surface area contributed by atoms with Gasteiger partial charge < -0.3 is 4.74 Å². The third-order valence-corrected chi connectivity index (χ3v) is 7.30. The highest BCUT2D eigenvalue weighted by molar-refractivity contribution is 6.30. The molecule has 0 unspecified atom stereocenters. The largest absolute Gasteiger partial charge is 0.492 e. The van der Waals surface area contributed by atoms with E-state index in [1.807, 2.05) is 36.4 Å². The molecule has 2 aromatic carbocycles. The van der Waals surface area contributed by atoms with Gasteiger partial charge in [0.2, 0.25) is 0 Å². The van der Waals surface area contributed by atoms with Crippen molar-refractivity contribution >= 4 is 11.6 Å². The van der Waals surface area contributed by atoms with Gasteiger partial charge in [-0.3, -0.25) is 4.90 Å². The lowest BCUT2D eigenvalue weighted by Gasteiger charge is -2.29. The predicted molar refractivity (Wildman–Crippen MR) is 134 cm³/mol. The summed E-state index contributed by atoms with van der Waals surface area (Å²) >= 11 is 5.92. The fourth-order valence-electron chi connectivity index (χ4n) is 4.79. The zero-order chi connectivity index (χ0) is 23.5. The summed E-state index contributed by atoms with van der Waals surface area (Å²) in [5.41, 5.74) is 3.00. The van der Waals surface area contributed by atoms with Crippen molar-refractivity contribution in [1.82, 2.24) is 9.88 Å². The van der Waals surface area contributed by atoms with Crippen LogP contribution in [0.1, 0.15) is 43.9 Å². The molecule has 0 N–H and O–H groups in total. The Kier molecular flexibility index (Phi) is 6.59. The number of rotatable bonds is 6. The van der Waals surface area contributed by atoms with Crippen LogP contribution in [0, 0.1) is 23.1 Å². The molecular formula is C29H28ClFN2O. The number of benzene rings is 2. The minimum absolute atomic E-state index is 0.127. The normalized spacial score (nSPS) is 18.9. The molecule has 5 heteroatoms. The molecule has 5 rings (SSSR count). The van der Waals surface area contributed by atoms with Crippen LogP contribution in [0.25, 0.3) is 11.1 Å². The number of aromatic nitrogens is 1. The highest BCUT2D eigenvalue weighted by Crippen LogP contribution is 2.52. The summed E-state index contributed by atoms with van der Waals surface area (Å²) in [6.45, 7) is 5.26. The SMILES string of the molecule is CC1([C@@H]2CCCN2CCOc2ccc(C#Cc3ncc(-c4ccc(Cl)cc4)cc3F)cc2)CC1. The van der Waals surface area contributed by atoms with Gasteiger partial charge in [0, 0.05) is 34.9 Å². The minimum Gasteiger partial charge on any atom is -0.492 e. The van der Waals surface area contributed by atoms with Crippen molar-refractivity contribution in [3.8, 4) is 28.7 Å². The molecule has 1 atom stereocenters. The number of pyridine rings is 1. The van der Waals surface area contributed by atoms with E-state index < -0.39 is 5.82 Å². The molecule has 2 heterocycles. The summed E-state index contributed by atoms with van der Waals surface area (Å²) in [5.74, 6) is 6.21. The molecule has 2 aliphatic rings. The van der Waals surface area contributed by atoms with Gasteiger partial charge >= 0.3 is 0 Å². The van der Waals surface area contributed by atoms with Crippen LogP contribution in [0.3, 0.4) is 0 Å². The Morgan fingerprint density at radius 3 is 2.56 bits per heavy atom. The topological polar surface area (TPSA) is 25.4 Å². The van der Waals surface area contributed by atoms with E-state index >= 15 is 0 Å². The summed E-state index contributed by atoms with van der Waals surface area (Å²) in [4.78, 5) is 6.81. The summed E-state index contributed by atoms with van der Waals surface area (Å²) in [6, 6.07) is 17.0. The maximum absolute atomic E-state index is 14.5. The lowest BCUT2D eigenvalue weighted by atomic mass is 9.97. The number of hydrogen-bond acceptors (Lipinski definition) is 3. The Labute approximate surface area is 205 Å². The molecule has 0 amide bonds. The molecule has 1 saturated heterocycles. The first kappa shape index (κ1) is 22.9. The summed E-state index contributed by atoms with van der Waals surface area (Å²) in [5, 5.41) is 0.638. The first-order valence-electron chi connectivity index (χ1n) is 11.9. The van der Waals surface area contributed by atoms with Crippen molar-refractivity contribution in [1.29, 1.82) is 0 Å². The van der Waals surface area contributed by atoms with E-state index in [-0.39, 0.29) is 5.69 Å². The van der Waals surface area contributed by atoms with Crippen molar-refractivity contribution < 1.29 is 9.13 Å². The van der Waals surface area contributed by atoms with Crippen LogP contribution in [0.15, 0.2) is 60.8 Å². The molecule has 174 valence electrons. The summed E-state index contributed by atoms with van der Waals surface area (Å²) in [6.07, 6.45) is 6.98. The number of halogens is 2. The van der Waals surface area contributed by atoms with Gasteiger partial charge in [0.25, 0.3) is 0 Å². The van der Waals surface area contributed by atoms with Crippen LogP contribution in [-0.4, -0.2) is 35.6 Å². The van der Waals surface area contributed by atoms with Crippen molar-refractivity contribution in [2.45, 2.75) is 38.6 Å². The van der Waals surface area contributed by atoms with E-state index in [1.165, 1.54) is 38.3 Å². The van der Waals surface area contributed by atoms with Crippen LogP contribution in [0.2, 0.25) is 5.02 Å². The lowest BCUT2D eigenvalue weighted by Crippen LogP contribution is -2.38. The number of likely N-dealkylation sites (tertiary alicyclic amines) is 1. The zero-order valence-corrected chi connectivity index (χ0v) is 20.1. The van der Waals surface area contributed by atoms with Gasteiger partial charge in [0.05, 0.1) is 0 Å². The average Bonchev–Trinajstić information content (AvgIpc) is 3.40. The number of ether oxygens (including phenoxy) is 1. The van der Waals surface area contributed by atoms with Gasteiger partial charge in [0.1, 0.15) is 18.1 Å². The van der Waals surface area contributed by atoms with E-state index in [0.717, 1.165) is 29.5 Å². The molecule has 34 heavy (non-hydrogen) atoms. The molecule has 0 bridgehead atoms. The Morgan fingerprint density at radius 1 is 1.09 bits per heavy atom. The zero-order valence-electron chi connectivity index (χ0n) is 19.4. The quantitative estimate of drug-likeness (QED) is 0.377. The van der Waals surface area contributed by atoms with Gasteiger partial charge in [-0.25, -0.2) is 9.37 Å². The predicted octanol–water partition coefficient (Wildman–Crippen LogP) is 6.58. The van der Waals surface area contributed by atoms with Crippen molar-refractivity contribution in [3.63, 3.8) is 0 Å². The Balaban J connectivity index is 1.16. The minimum atomic E-state index is -0.444. The van der Waals surface area contributed by atoms with E-state index in [2.05, 4.69) is 28.6 Å². The molecule has 0 radical (unpaired) electrons. The smallest absolute Gasteiger partial charge is 0.158 e. The van der Waals surface area contributed by atoms with Crippen molar-refractivity contribution in [3.05, 3.63) is 82.9 Å². The van der Waals surface area contributed by atoms with Crippen LogP contribution in [0.4, 0.5) is 4.39 Å². The fraction of sp³-hybridized carbons (Fsp3) is 0.345. The van der Waals surface area contributed by atoms with Gasteiger partial charge in [0.15, 0.2) is 5.82 Å². The van der Waals surface area contributed by atoms with E-state index in [0.29, 0.717) is 22.6 Å². The lowest BCUT2D eigenvalue weighted by molar-refractivity contribution is 0.153. The van der Waals surface area contributed by atoms with Crippen molar-refractivity contribution in [2.75, 3.05) is 19.7 Å². The monoisotopic (exact) mass is 474 g/mol. The highest BCUT2D eigenvalue weighted by atomic mass is 35.5. The maximum Gasteiger partial charge on any atom is 0.158 e. The molecule has 0 spiro atoms. The van der Waals surface area contributed by atoms with Crippen LogP contribution in [-0.2, 0) is 0 Å². The molecule has 1 aromatic heterocycles. The number of nitrogens with zero attached hydrogens (tertiary/aromatic N) is 2.